The van der Waals surface area contributed by atoms with Crippen molar-refractivity contribution in [2.24, 2.45) is 0 Å². The number of nitrogens with one attached hydrogen (secondary N) is 1. The van der Waals surface area contributed by atoms with E-state index in [-0.39, 0.29) is 35.2 Å². The summed E-state index contributed by atoms with van der Waals surface area (Å²) < 4.78 is 40.9. The number of rotatable bonds is 6. The number of nitro groups is 1. The van der Waals surface area contributed by atoms with Crippen molar-refractivity contribution < 1.29 is 27.0 Å². The average molecular weight is 394 g/mol. The summed E-state index contributed by atoms with van der Waals surface area (Å²) in [6.07, 6.45) is -0.744. The molecule has 1 atom stereocenters. The Kier molecular flexibility index (Phi) is 5.19. The monoisotopic (exact) mass is 394 g/mol. The quantitative estimate of drug-likeness (QED) is 0.451. The van der Waals surface area contributed by atoms with E-state index in [1.54, 1.807) is 12.1 Å². The lowest BCUT2D eigenvalue weighted by molar-refractivity contribution is -0.384. The van der Waals surface area contributed by atoms with Crippen molar-refractivity contribution in [2.75, 3.05) is 25.6 Å². The maximum Gasteiger partial charge on any atom is 0.297 e. The van der Waals surface area contributed by atoms with Crippen LogP contribution in [0.1, 0.15) is 5.56 Å². The van der Waals surface area contributed by atoms with Gasteiger partial charge in [0.1, 0.15) is 13.2 Å². The molecular weight excluding hydrogens is 376 g/mol. The second-order valence-corrected chi connectivity index (χ2v) is 7.51. The van der Waals surface area contributed by atoms with Crippen molar-refractivity contribution >= 4 is 21.5 Å². The van der Waals surface area contributed by atoms with Gasteiger partial charge in [-0.05, 0) is 25.1 Å². The molecule has 0 fully saturated rings. The summed E-state index contributed by atoms with van der Waals surface area (Å²) in [4.78, 5) is 10.6. The van der Waals surface area contributed by atoms with Crippen molar-refractivity contribution in [2.45, 2.75) is 17.9 Å². The normalized spacial score (nSPS) is 16.0. The fourth-order valence-corrected chi connectivity index (χ4v) is 3.52. The molecule has 1 aliphatic heterocycles. The first-order chi connectivity index (χ1) is 12.8. The third-order valence-corrected chi connectivity index (χ3v) is 5.27. The van der Waals surface area contributed by atoms with E-state index in [9.17, 15) is 18.5 Å². The van der Waals surface area contributed by atoms with E-state index < -0.39 is 21.1 Å². The van der Waals surface area contributed by atoms with Gasteiger partial charge in [-0.2, -0.15) is 8.42 Å². The Hall–Kier alpha value is -2.85. The van der Waals surface area contributed by atoms with E-state index in [2.05, 4.69) is 5.32 Å². The zero-order valence-corrected chi connectivity index (χ0v) is 15.5. The maximum absolute atomic E-state index is 12.3. The zero-order valence-electron chi connectivity index (χ0n) is 14.7. The summed E-state index contributed by atoms with van der Waals surface area (Å²) in [5, 5.41) is 13.9. The first-order valence-corrected chi connectivity index (χ1v) is 9.47. The summed E-state index contributed by atoms with van der Waals surface area (Å²) in [5.74, 6) is 0.488. The summed E-state index contributed by atoms with van der Waals surface area (Å²) in [6, 6.07) is 9.01. The lowest BCUT2D eigenvalue weighted by Gasteiger charge is -2.27. The first-order valence-electron chi connectivity index (χ1n) is 8.06. The number of anilines is 1. The number of aryl methyl sites for hydroxylation is 1. The molecule has 10 heteroatoms. The van der Waals surface area contributed by atoms with E-state index in [4.69, 9.17) is 13.7 Å². The maximum atomic E-state index is 12.3. The Balaban J connectivity index is 1.75. The van der Waals surface area contributed by atoms with Crippen LogP contribution in [-0.2, 0) is 14.3 Å². The largest absolute Gasteiger partial charge is 0.486 e. The molecule has 0 saturated heterocycles. The van der Waals surface area contributed by atoms with Crippen LogP contribution in [0.3, 0.4) is 0 Å². The van der Waals surface area contributed by atoms with E-state index >= 15 is 0 Å². The highest BCUT2D eigenvalue weighted by molar-refractivity contribution is 7.86. The smallest absolute Gasteiger partial charge is 0.297 e. The standard InChI is InChI=1S/C17H18N2O7S/c1-11-3-5-13(6-4-11)27(22,23)25-10-12-9-24-15-8-7-14(19(20)21)16(18-2)17(15)26-12/h3-8,12,18H,9-10H2,1-2H3. The molecule has 0 radical (unpaired) electrons. The van der Waals surface area contributed by atoms with E-state index in [1.165, 1.54) is 31.3 Å². The topological polar surface area (TPSA) is 117 Å². The number of nitrogens with zero attached hydrogens (tertiary/aromatic N) is 1. The molecule has 0 spiro atoms. The van der Waals surface area contributed by atoms with Crippen LogP contribution in [-0.4, -0.2) is 39.7 Å². The van der Waals surface area contributed by atoms with Gasteiger partial charge in [0, 0.05) is 13.1 Å². The minimum atomic E-state index is -3.95. The van der Waals surface area contributed by atoms with Crippen molar-refractivity contribution in [1.82, 2.24) is 0 Å². The first kappa shape index (κ1) is 18.9. The molecule has 2 aromatic carbocycles. The highest BCUT2D eigenvalue weighted by Gasteiger charge is 2.30. The molecule has 1 N–H and O–H groups in total. The lowest BCUT2D eigenvalue weighted by atomic mass is 10.2. The number of hydrogen-bond donors (Lipinski definition) is 1. The highest BCUT2D eigenvalue weighted by atomic mass is 32.2. The predicted molar refractivity (Wildman–Crippen MR) is 96.9 cm³/mol. The number of hydrogen-bond acceptors (Lipinski definition) is 8. The summed E-state index contributed by atoms with van der Waals surface area (Å²) >= 11 is 0. The van der Waals surface area contributed by atoms with Gasteiger partial charge < -0.3 is 14.8 Å². The number of benzene rings is 2. The van der Waals surface area contributed by atoms with Crippen LogP contribution >= 0.6 is 0 Å². The van der Waals surface area contributed by atoms with Crippen molar-refractivity contribution in [3.8, 4) is 11.5 Å². The number of fused-ring (bicyclic) bond motifs is 1. The molecule has 0 aromatic heterocycles. The SMILES string of the molecule is CNc1c([N+](=O)[O-])ccc2c1OC(COS(=O)(=O)c1ccc(C)cc1)CO2. The third kappa shape index (κ3) is 3.96. The van der Waals surface area contributed by atoms with Gasteiger partial charge in [0.15, 0.2) is 23.3 Å². The van der Waals surface area contributed by atoms with Gasteiger partial charge >= 0.3 is 0 Å². The van der Waals surface area contributed by atoms with E-state index in [0.717, 1.165) is 5.56 Å². The molecule has 0 saturated carbocycles. The molecule has 0 aliphatic carbocycles. The van der Waals surface area contributed by atoms with Crippen LogP contribution in [0.2, 0.25) is 0 Å². The second kappa shape index (κ2) is 7.41. The van der Waals surface area contributed by atoms with E-state index in [0.29, 0.717) is 5.75 Å². The number of ether oxygens (including phenoxy) is 2. The van der Waals surface area contributed by atoms with Crippen LogP contribution in [0.25, 0.3) is 0 Å². The van der Waals surface area contributed by atoms with Crippen molar-refractivity contribution in [3.05, 3.63) is 52.1 Å². The molecule has 9 nitrogen and oxygen atoms in total. The van der Waals surface area contributed by atoms with Crippen LogP contribution in [0.5, 0.6) is 11.5 Å². The van der Waals surface area contributed by atoms with Gasteiger partial charge in [-0.15, -0.1) is 0 Å². The van der Waals surface area contributed by atoms with E-state index in [1.807, 2.05) is 6.92 Å². The number of nitro benzene ring substituents is 1. The lowest BCUT2D eigenvalue weighted by Crippen LogP contribution is -2.34. The Morgan fingerprint density at radius 3 is 2.59 bits per heavy atom. The van der Waals surface area contributed by atoms with Gasteiger partial charge in [-0.25, -0.2) is 0 Å². The Bertz CT molecular complexity index is 958. The van der Waals surface area contributed by atoms with Crippen LogP contribution < -0.4 is 14.8 Å². The fourth-order valence-electron chi connectivity index (χ4n) is 2.58. The molecule has 1 aliphatic rings. The highest BCUT2D eigenvalue weighted by Crippen LogP contribution is 2.44. The molecule has 0 amide bonds. The van der Waals surface area contributed by atoms with Crippen molar-refractivity contribution in [3.63, 3.8) is 0 Å². The Morgan fingerprint density at radius 1 is 1.26 bits per heavy atom. The Labute approximate surface area is 156 Å². The summed E-state index contributed by atoms with van der Waals surface area (Å²) in [6.45, 7) is 1.61. The zero-order chi connectivity index (χ0) is 19.6. The Morgan fingerprint density at radius 2 is 1.96 bits per heavy atom. The van der Waals surface area contributed by atoms with Crippen LogP contribution in [0.15, 0.2) is 41.3 Å². The molecule has 1 heterocycles. The molecular formula is C17H18N2O7S. The second-order valence-electron chi connectivity index (χ2n) is 5.90. The van der Waals surface area contributed by atoms with Crippen LogP contribution in [0.4, 0.5) is 11.4 Å². The van der Waals surface area contributed by atoms with Gasteiger partial charge in [0.05, 0.1) is 9.82 Å². The molecule has 3 rings (SSSR count). The molecule has 1 unspecified atom stereocenters. The van der Waals surface area contributed by atoms with Crippen molar-refractivity contribution in [1.29, 1.82) is 0 Å². The minimum Gasteiger partial charge on any atom is -0.486 e. The molecule has 27 heavy (non-hydrogen) atoms. The molecule has 0 bridgehead atoms. The van der Waals surface area contributed by atoms with Gasteiger partial charge in [0.25, 0.3) is 15.8 Å². The summed E-state index contributed by atoms with van der Waals surface area (Å²) in [7, 11) is -2.43. The van der Waals surface area contributed by atoms with Crippen LogP contribution in [0, 0.1) is 17.0 Å². The van der Waals surface area contributed by atoms with Gasteiger partial charge in [0.2, 0.25) is 0 Å². The van der Waals surface area contributed by atoms with Gasteiger partial charge in [-0.1, -0.05) is 17.7 Å². The summed E-state index contributed by atoms with van der Waals surface area (Å²) in [5.41, 5.74) is 0.910. The fraction of sp³-hybridized carbons (Fsp3) is 0.294. The minimum absolute atomic E-state index is 0.0387. The van der Waals surface area contributed by atoms with Gasteiger partial charge in [-0.3, -0.25) is 14.3 Å². The third-order valence-electron chi connectivity index (χ3n) is 3.97. The average Bonchev–Trinajstić information content (AvgIpc) is 2.65. The molecule has 2 aromatic rings. The molecule has 144 valence electrons. The predicted octanol–water partition coefficient (Wildman–Crippen LogP) is 2.49.